The molecule has 3 heterocycles. The van der Waals surface area contributed by atoms with Crippen LogP contribution in [0.5, 0.6) is 0 Å². The molecule has 5 nitrogen and oxygen atoms in total. The molecule has 0 aromatic heterocycles. The zero-order chi connectivity index (χ0) is 14.2. The fourth-order valence-corrected chi connectivity index (χ4v) is 3.29. The Kier molecular flexibility index (Phi) is 3.29. The summed E-state index contributed by atoms with van der Waals surface area (Å²) in [5, 5.41) is 8.16. The fourth-order valence-electron chi connectivity index (χ4n) is 3.29. The highest BCUT2D eigenvalue weighted by atomic mass is 16.5. The molecule has 2 saturated heterocycles. The van der Waals surface area contributed by atoms with Gasteiger partial charge in [-0.05, 0) is 0 Å². The van der Waals surface area contributed by atoms with Gasteiger partial charge in [0.15, 0.2) is 5.66 Å². The van der Waals surface area contributed by atoms with Gasteiger partial charge in [-0.1, -0.05) is 6.92 Å². The van der Waals surface area contributed by atoms with Crippen molar-refractivity contribution in [3.05, 3.63) is 0 Å². The molecule has 2 atom stereocenters. The fraction of sp³-hybridized carbons (Fsp3) is 0.800. The van der Waals surface area contributed by atoms with Crippen molar-refractivity contribution in [1.29, 1.82) is 0 Å². The van der Waals surface area contributed by atoms with Crippen LogP contribution in [0.25, 0.3) is 0 Å². The first-order chi connectivity index (χ1) is 9.57. The monoisotopic (exact) mass is 275 g/mol. The first-order valence-corrected chi connectivity index (χ1v) is 7.30. The topological polar surface area (TPSA) is 54.3 Å². The summed E-state index contributed by atoms with van der Waals surface area (Å²) in [7, 11) is 0. The molecular formula is C15H21N3O2. The Morgan fingerprint density at radius 2 is 2.30 bits per heavy atom. The van der Waals surface area contributed by atoms with Gasteiger partial charge in [0.2, 0.25) is 5.91 Å². The van der Waals surface area contributed by atoms with Gasteiger partial charge < -0.3 is 9.64 Å². The zero-order valence-corrected chi connectivity index (χ0v) is 12.0. The number of likely N-dealkylation sites (tertiary alicyclic amines) is 1. The molecule has 0 radical (unpaired) electrons. The van der Waals surface area contributed by atoms with Crippen molar-refractivity contribution in [3.63, 3.8) is 0 Å². The van der Waals surface area contributed by atoms with Crippen molar-refractivity contribution < 1.29 is 9.53 Å². The molecule has 108 valence electrons. The van der Waals surface area contributed by atoms with Gasteiger partial charge in [-0.3, -0.25) is 4.79 Å². The summed E-state index contributed by atoms with van der Waals surface area (Å²) in [6, 6.07) is 0. The van der Waals surface area contributed by atoms with Crippen LogP contribution in [0.2, 0.25) is 0 Å². The molecule has 0 saturated carbocycles. The Morgan fingerprint density at radius 3 is 2.95 bits per heavy atom. The van der Waals surface area contributed by atoms with E-state index >= 15 is 0 Å². The van der Waals surface area contributed by atoms with Gasteiger partial charge in [0, 0.05) is 50.1 Å². The predicted molar refractivity (Wildman–Crippen MR) is 73.9 cm³/mol. The number of carbonyl (C=O) groups excluding carboxylic acids is 1. The lowest BCUT2D eigenvalue weighted by Crippen LogP contribution is -2.33. The smallest absolute Gasteiger partial charge is 0.222 e. The third-order valence-corrected chi connectivity index (χ3v) is 4.87. The van der Waals surface area contributed by atoms with Crippen LogP contribution in [0.4, 0.5) is 0 Å². The minimum Gasteiger partial charge on any atom is -0.380 e. The second-order valence-corrected chi connectivity index (χ2v) is 6.53. The van der Waals surface area contributed by atoms with Crippen molar-refractivity contribution in [2.45, 2.75) is 38.3 Å². The average molecular weight is 275 g/mol. The van der Waals surface area contributed by atoms with E-state index in [1.165, 1.54) is 0 Å². The number of amides is 1. The molecule has 0 spiro atoms. The molecule has 20 heavy (non-hydrogen) atoms. The van der Waals surface area contributed by atoms with Crippen LogP contribution in [-0.4, -0.2) is 42.8 Å². The number of ether oxygens (including phenoxy) is 1. The summed E-state index contributed by atoms with van der Waals surface area (Å²) < 4.78 is 5.52. The van der Waals surface area contributed by atoms with E-state index in [2.05, 4.69) is 23.1 Å². The van der Waals surface area contributed by atoms with Gasteiger partial charge in [0.1, 0.15) is 0 Å². The SMILES string of the molecule is C#CCCC1(CCC(=O)N2CC3COCC3(C)C2)N=N1. The minimum absolute atomic E-state index is 0.158. The number of hydrogen-bond acceptors (Lipinski definition) is 4. The molecule has 0 aromatic carbocycles. The summed E-state index contributed by atoms with van der Waals surface area (Å²) in [6.45, 7) is 5.44. The third kappa shape index (κ3) is 2.45. The Labute approximate surface area is 119 Å². The highest BCUT2D eigenvalue weighted by Gasteiger charge is 2.48. The van der Waals surface area contributed by atoms with E-state index in [-0.39, 0.29) is 17.0 Å². The first kappa shape index (κ1) is 13.6. The lowest BCUT2D eigenvalue weighted by Gasteiger charge is -2.22. The lowest BCUT2D eigenvalue weighted by molar-refractivity contribution is -0.131. The summed E-state index contributed by atoms with van der Waals surface area (Å²) in [5.41, 5.74) is -0.185. The predicted octanol–water partition coefficient (Wildman–Crippen LogP) is 1.84. The molecule has 2 unspecified atom stereocenters. The van der Waals surface area contributed by atoms with Gasteiger partial charge in [-0.25, -0.2) is 0 Å². The van der Waals surface area contributed by atoms with Crippen molar-refractivity contribution >= 4 is 5.91 Å². The number of terminal acetylenes is 1. The highest BCUT2D eigenvalue weighted by molar-refractivity contribution is 5.76. The minimum atomic E-state index is -0.343. The van der Waals surface area contributed by atoms with E-state index in [4.69, 9.17) is 11.2 Å². The molecule has 1 amide bonds. The Balaban J connectivity index is 1.48. The average Bonchev–Trinajstić information content (AvgIpc) is 2.99. The van der Waals surface area contributed by atoms with Crippen LogP contribution in [0.15, 0.2) is 10.2 Å². The molecule has 3 aliphatic heterocycles. The van der Waals surface area contributed by atoms with E-state index in [1.54, 1.807) is 0 Å². The summed E-state index contributed by atoms with van der Waals surface area (Å²) in [6.07, 6.45) is 7.91. The molecule has 5 heteroatoms. The third-order valence-electron chi connectivity index (χ3n) is 4.87. The lowest BCUT2D eigenvalue weighted by atomic mass is 9.83. The molecule has 0 N–H and O–H groups in total. The number of carbonyl (C=O) groups is 1. The normalized spacial score (nSPS) is 33.0. The Hall–Kier alpha value is -1.41. The van der Waals surface area contributed by atoms with Crippen molar-refractivity contribution in [2.24, 2.45) is 21.6 Å². The maximum Gasteiger partial charge on any atom is 0.222 e. The van der Waals surface area contributed by atoms with E-state index in [0.717, 1.165) is 32.7 Å². The van der Waals surface area contributed by atoms with E-state index < -0.39 is 0 Å². The maximum atomic E-state index is 12.3. The Bertz CT molecular complexity index is 476. The van der Waals surface area contributed by atoms with Gasteiger partial charge in [0.25, 0.3) is 0 Å². The van der Waals surface area contributed by atoms with Crippen LogP contribution in [0.3, 0.4) is 0 Å². The zero-order valence-electron chi connectivity index (χ0n) is 12.0. The maximum absolute atomic E-state index is 12.3. The van der Waals surface area contributed by atoms with Crippen LogP contribution in [-0.2, 0) is 9.53 Å². The van der Waals surface area contributed by atoms with Gasteiger partial charge >= 0.3 is 0 Å². The number of hydrogen-bond donors (Lipinski definition) is 0. The number of fused-ring (bicyclic) bond motifs is 1. The molecule has 3 rings (SSSR count). The van der Waals surface area contributed by atoms with Crippen LogP contribution < -0.4 is 0 Å². The van der Waals surface area contributed by atoms with E-state index in [1.807, 2.05) is 4.90 Å². The van der Waals surface area contributed by atoms with Crippen LogP contribution in [0.1, 0.15) is 32.6 Å². The molecule has 3 aliphatic rings. The second-order valence-electron chi connectivity index (χ2n) is 6.53. The van der Waals surface area contributed by atoms with Crippen molar-refractivity contribution in [3.8, 4) is 12.3 Å². The van der Waals surface area contributed by atoms with Crippen LogP contribution >= 0.6 is 0 Å². The van der Waals surface area contributed by atoms with Crippen LogP contribution in [0, 0.1) is 23.7 Å². The molecule has 0 aliphatic carbocycles. The summed E-state index contributed by atoms with van der Waals surface area (Å²) >= 11 is 0. The van der Waals surface area contributed by atoms with Gasteiger partial charge in [-0.2, -0.15) is 10.2 Å². The Morgan fingerprint density at radius 1 is 1.50 bits per heavy atom. The molecule has 2 fully saturated rings. The molecular weight excluding hydrogens is 254 g/mol. The van der Waals surface area contributed by atoms with E-state index in [0.29, 0.717) is 25.2 Å². The first-order valence-electron chi connectivity index (χ1n) is 7.30. The quantitative estimate of drug-likeness (QED) is 0.719. The largest absolute Gasteiger partial charge is 0.380 e. The number of nitrogens with zero attached hydrogens (tertiary/aromatic N) is 3. The van der Waals surface area contributed by atoms with Gasteiger partial charge in [0.05, 0.1) is 13.2 Å². The molecule has 0 aromatic rings. The highest BCUT2D eigenvalue weighted by Crippen LogP contribution is 2.42. The summed E-state index contributed by atoms with van der Waals surface area (Å²) in [4.78, 5) is 14.3. The molecule has 0 bridgehead atoms. The second kappa shape index (κ2) is 4.85. The van der Waals surface area contributed by atoms with Gasteiger partial charge in [-0.15, -0.1) is 12.3 Å². The van der Waals surface area contributed by atoms with E-state index in [9.17, 15) is 4.79 Å². The summed E-state index contributed by atoms with van der Waals surface area (Å²) in [5.74, 6) is 3.33. The standard InChI is InChI=1S/C15H21N3O2/c1-3-4-6-15(16-17-15)7-5-13(19)18-8-12-9-20-11-14(12,2)10-18/h1,12H,4-11H2,2H3. The number of rotatable bonds is 5. The van der Waals surface area contributed by atoms with Crippen molar-refractivity contribution in [1.82, 2.24) is 4.90 Å². The van der Waals surface area contributed by atoms with Crippen molar-refractivity contribution in [2.75, 3.05) is 26.3 Å².